The van der Waals surface area contributed by atoms with Crippen molar-refractivity contribution in [1.82, 2.24) is 0 Å². The van der Waals surface area contributed by atoms with Crippen molar-refractivity contribution >= 4 is 23.2 Å². The maximum absolute atomic E-state index is 12.6. The molecule has 0 aliphatic carbocycles. The van der Waals surface area contributed by atoms with E-state index in [1.165, 1.54) is 36.7 Å². The molecule has 1 aromatic carbocycles. The van der Waals surface area contributed by atoms with Gasteiger partial charge in [-0.1, -0.05) is 19.1 Å². The summed E-state index contributed by atoms with van der Waals surface area (Å²) in [5, 5.41) is 0. The number of carbonyl (C=O) groups is 1. The molecule has 122 valence electrons. The molecule has 6 heteroatoms. The highest BCUT2D eigenvalue weighted by molar-refractivity contribution is 7.14. The number of ketones is 1. The number of methoxy groups -OCH3 is 1. The summed E-state index contributed by atoms with van der Waals surface area (Å²) in [4.78, 5) is 13.9. The fourth-order valence-electron chi connectivity index (χ4n) is 1.99. The molecule has 3 nitrogen and oxygen atoms in total. The molecule has 0 aliphatic heterocycles. The lowest BCUT2D eigenvalue weighted by Gasteiger charge is -2.12. The second-order valence-electron chi connectivity index (χ2n) is 4.57. The summed E-state index contributed by atoms with van der Waals surface area (Å²) >= 11 is 1.42. The standard InChI is InChI=1S/C17H16F2O3S/c1-3-12-8-10-15(23-12)13(20)9-7-11-5-4-6-14(21-2)16(11)22-17(18)19/h4-10,17H,3H2,1-2H3/b9-7+. The van der Waals surface area contributed by atoms with E-state index < -0.39 is 6.61 Å². The van der Waals surface area contributed by atoms with Crippen molar-refractivity contribution in [3.05, 3.63) is 51.7 Å². The molecule has 0 atom stereocenters. The van der Waals surface area contributed by atoms with Crippen molar-refractivity contribution < 1.29 is 23.0 Å². The summed E-state index contributed by atoms with van der Waals surface area (Å²) in [5.41, 5.74) is 0.352. The van der Waals surface area contributed by atoms with E-state index in [0.717, 1.165) is 11.3 Å². The Morgan fingerprint density at radius 1 is 1.30 bits per heavy atom. The molecule has 0 fully saturated rings. The minimum atomic E-state index is -2.97. The highest BCUT2D eigenvalue weighted by Gasteiger charge is 2.14. The number of hydrogen-bond acceptors (Lipinski definition) is 4. The van der Waals surface area contributed by atoms with Gasteiger partial charge in [0, 0.05) is 10.4 Å². The predicted molar refractivity (Wildman–Crippen MR) is 86.7 cm³/mol. The van der Waals surface area contributed by atoms with Crippen LogP contribution < -0.4 is 9.47 Å². The molecule has 0 saturated carbocycles. The van der Waals surface area contributed by atoms with Crippen molar-refractivity contribution in [2.24, 2.45) is 0 Å². The largest absolute Gasteiger partial charge is 0.493 e. The molecule has 0 N–H and O–H groups in total. The first-order valence-corrected chi connectivity index (χ1v) is 7.79. The summed E-state index contributed by atoms with van der Waals surface area (Å²) in [6, 6.07) is 8.40. The van der Waals surface area contributed by atoms with Gasteiger partial charge in [0.25, 0.3) is 0 Å². The van der Waals surface area contributed by atoms with Crippen LogP contribution in [0.15, 0.2) is 36.4 Å². The van der Waals surface area contributed by atoms with Crippen LogP contribution in [0.5, 0.6) is 11.5 Å². The zero-order valence-corrected chi connectivity index (χ0v) is 13.5. The third kappa shape index (κ3) is 4.39. The van der Waals surface area contributed by atoms with Gasteiger partial charge in [-0.3, -0.25) is 4.79 Å². The molecule has 1 heterocycles. The third-order valence-electron chi connectivity index (χ3n) is 3.10. The van der Waals surface area contributed by atoms with Gasteiger partial charge in [-0.25, -0.2) is 0 Å². The Balaban J connectivity index is 2.26. The first-order valence-electron chi connectivity index (χ1n) is 6.98. The molecule has 0 unspecified atom stereocenters. The Labute approximate surface area is 137 Å². The SMILES string of the molecule is CCc1ccc(C(=O)/C=C/c2cccc(OC)c2OC(F)F)s1. The third-order valence-corrected chi connectivity index (χ3v) is 4.35. The van der Waals surface area contributed by atoms with Gasteiger partial charge in [0.2, 0.25) is 0 Å². The van der Waals surface area contributed by atoms with E-state index in [-0.39, 0.29) is 17.3 Å². The van der Waals surface area contributed by atoms with Crippen LogP contribution >= 0.6 is 11.3 Å². The molecular weight excluding hydrogens is 322 g/mol. The Kier molecular flexibility index (Phi) is 5.87. The first-order chi connectivity index (χ1) is 11.0. The zero-order chi connectivity index (χ0) is 16.8. The Morgan fingerprint density at radius 2 is 2.09 bits per heavy atom. The summed E-state index contributed by atoms with van der Waals surface area (Å²) in [6.45, 7) is -0.960. The average molecular weight is 338 g/mol. The van der Waals surface area contributed by atoms with Gasteiger partial charge in [0.15, 0.2) is 17.3 Å². The Hall–Kier alpha value is -2.21. The minimum Gasteiger partial charge on any atom is -0.493 e. The predicted octanol–water partition coefficient (Wildman–Crippen LogP) is 4.82. The van der Waals surface area contributed by atoms with E-state index in [1.54, 1.807) is 18.2 Å². The van der Waals surface area contributed by atoms with Gasteiger partial charge in [0.1, 0.15) is 0 Å². The minimum absolute atomic E-state index is 0.0884. The topological polar surface area (TPSA) is 35.5 Å². The lowest BCUT2D eigenvalue weighted by Crippen LogP contribution is -2.05. The van der Waals surface area contributed by atoms with E-state index in [9.17, 15) is 13.6 Å². The van der Waals surface area contributed by atoms with Gasteiger partial charge >= 0.3 is 6.61 Å². The van der Waals surface area contributed by atoms with Gasteiger partial charge < -0.3 is 9.47 Å². The maximum atomic E-state index is 12.6. The second kappa shape index (κ2) is 7.87. The van der Waals surface area contributed by atoms with Crippen molar-refractivity contribution in [1.29, 1.82) is 0 Å². The molecule has 0 radical (unpaired) electrons. The summed E-state index contributed by atoms with van der Waals surface area (Å²) in [5.74, 6) is -0.0840. The Morgan fingerprint density at radius 3 is 2.70 bits per heavy atom. The molecular formula is C17H16F2O3S. The number of hydrogen-bond donors (Lipinski definition) is 0. The summed E-state index contributed by atoms with van der Waals surface area (Å²) in [6.07, 6.45) is 3.66. The van der Waals surface area contributed by atoms with Gasteiger partial charge in [0.05, 0.1) is 12.0 Å². The lowest BCUT2D eigenvalue weighted by molar-refractivity contribution is -0.0513. The molecule has 1 aromatic heterocycles. The highest BCUT2D eigenvalue weighted by atomic mass is 32.1. The first kappa shape index (κ1) is 17.1. The van der Waals surface area contributed by atoms with E-state index >= 15 is 0 Å². The van der Waals surface area contributed by atoms with Crippen molar-refractivity contribution in [3.8, 4) is 11.5 Å². The average Bonchev–Trinajstić information content (AvgIpc) is 3.02. The van der Waals surface area contributed by atoms with Gasteiger partial charge in [-0.2, -0.15) is 8.78 Å². The molecule has 0 aliphatic rings. The number of benzene rings is 1. The zero-order valence-electron chi connectivity index (χ0n) is 12.7. The molecule has 0 amide bonds. The number of alkyl halides is 2. The lowest BCUT2D eigenvalue weighted by atomic mass is 10.1. The molecule has 23 heavy (non-hydrogen) atoms. The number of halogens is 2. The quantitative estimate of drug-likeness (QED) is 0.536. The van der Waals surface area contributed by atoms with Crippen molar-refractivity contribution in [2.75, 3.05) is 7.11 Å². The number of allylic oxidation sites excluding steroid dienone is 1. The van der Waals surface area contributed by atoms with E-state index in [2.05, 4.69) is 4.74 Å². The van der Waals surface area contributed by atoms with Crippen LogP contribution in [0.2, 0.25) is 0 Å². The highest BCUT2D eigenvalue weighted by Crippen LogP contribution is 2.33. The number of carbonyl (C=O) groups excluding carboxylic acids is 1. The van der Waals surface area contributed by atoms with Crippen LogP contribution in [0, 0.1) is 0 Å². The van der Waals surface area contributed by atoms with Crippen LogP contribution in [-0.4, -0.2) is 19.5 Å². The summed E-state index contributed by atoms with van der Waals surface area (Å²) < 4.78 is 34.6. The molecule has 0 bridgehead atoms. The summed E-state index contributed by atoms with van der Waals surface area (Å²) in [7, 11) is 1.37. The number of thiophene rings is 1. The van der Waals surface area contributed by atoms with Gasteiger partial charge in [-0.15, -0.1) is 11.3 Å². The van der Waals surface area contributed by atoms with Crippen LogP contribution in [0.3, 0.4) is 0 Å². The molecule has 2 rings (SSSR count). The number of aryl methyl sites for hydroxylation is 1. The molecule has 0 spiro atoms. The van der Waals surface area contributed by atoms with Crippen molar-refractivity contribution in [3.63, 3.8) is 0 Å². The van der Waals surface area contributed by atoms with E-state index in [1.807, 2.05) is 13.0 Å². The molecule has 0 saturated heterocycles. The van der Waals surface area contributed by atoms with Gasteiger partial charge in [-0.05, 0) is 36.8 Å². The van der Waals surface area contributed by atoms with Crippen LogP contribution in [0.1, 0.15) is 27.0 Å². The monoisotopic (exact) mass is 338 g/mol. The number of rotatable bonds is 7. The van der Waals surface area contributed by atoms with Crippen LogP contribution in [0.25, 0.3) is 6.08 Å². The van der Waals surface area contributed by atoms with Crippen LogP contribution in [0.4, 0.5) is 8.78 Å². The fourth-order valence-corrected chi connectivity index (χ4v) is 2.86. The van der Waals surface area contributed by atoms with E-state index in [0.29, 0.717) is 10.4 Å². The second-order valence-corrected chi connectivity index (χ2v) is 5.74. The normalized spacial score (nSPS) is 11.2. The van der Waals surface area contributed by atoms with Crippen LogP contribution in [-0.2, 0) is 6.42 Å². The maximum Gasteiger partial charge on any atom is 0.387 e. The smallest absolute Gasteiger partial charge is 0.387 e. The fraction of sp³-hybridized carbons (Fsp3) is 0.235. The Bertz CT molecular complexity index is 708. The van der Waals surface area contributed by atoms with Crippen molar-refractivity contribution in [2.45, 2.75) is 20.0 Å². The van der Waals surface area contributed by atoms with E-state index in [4.69, 9.17) is 4.74 Å². The number of ether oxygens (including phenoxy) is 2. The number of para-hydroxylation sites is 1. The molecule has 2 aromatic rings.